The molecule has 0 radical (unpaired) electrons. The zero-order chi connectivity index (χ0) is 17.4. The zero-order valence-electron chi connectivity index (χ0n) is 12.7. The molecule has 0 fully saturated rings. The van der Waals surface area contributed by atoms with Crippen LogP contribution in [0.15, 0.2) is 52.0 Å². The van der Waals surface area contributed by atoms with Crippen LogP contribution in [0.4, 0.5) is 0 Å². The van der Waals surface area contributed by atoms with Crippen LogP contribution < -0.4 is 5.56 Å². The Morgan fingerprint density at radius 3 is 2.72 bits per heavy atom. The van der Waals surface area contributed by atoms with Gasteiger partial charge in [0.1, 0.15) is 10.6 Å². The van der Waals surface area contributed by atoms with Crippen molar-refractivity contribution in [3.8, 4) is 16.2 Å². The fourth-order valence-electron chi connectivity index (χ4n) is 2.46. The standard InChI is InChI=1S/C18H11ClN2O2S2/c19-13(8-10-3-5-11(22)6-4-10)16-20-17(23)15-12(9-25-18(15)21-16)14-2-1-7-24-14/h1-9,22H,(H,20,21,23)/b13-8-. The summed E-state index contributed by atoms with van der Waals surface area (Å²) in [5.41, 5.74) is 1.49. The second kappa shape index (κ2) is 6.48. The van der Waals surface area contributed by atoms with Crippen molar-refractivity contribution in [2.24, 2.45) is 0 Å². The average molecular weight is 387 g/mol. The molecule has 0 amide bonds. The van der Waals surface area contributed by atoms with Crippen LogP contribution in [0.1, 0.15) is 11.4 Å². The topological polar surface area (TPSA) is 66.0 Å². The summed E-state index contributed by atoms with van der Waals surface area (Å²) >= 11 is 9.34. The fourth-order valence-corrected chi connectivity index (χ4v) is 4.44. The van der Waals surface area contributed by atoms with Crippen LogP contribution in [0.2, 0.25) is 0 Å². The highest BCUT2D eigenvalue weighted by Gasteiger charge is 2.14. The molecule has 0 saturated heterocycles. The van der Waals surface area contributed by atoms with Crippen molar-refractivity contribution < 1.29 is 5.11 Å². The van der Waals surface area contributed by atoms with Crippen molar-refractivity contribution >= 4 is 55.6 Å². The van der Waals surface area contributed by atoms with Gasteiger partial charge in [-0.15, -0.1) is 22.7 Å². The molecule has 4 nitrogen and oxygen atoms in total. The van der Waals surface area contributed by atoms with Gasteiger partial charge in [-0.25, -0.2) is 4.98 Å². The molecule has 0 unspecified atom stereocenters. The molecular weight excluding hydrogens is 376 g/mol. The molecule has 7 heteroatoms. The highest BCUT2D eigenvalue weighted by Crippen LogP contribution is 2.34. The molecule has 0 spiro atoms. The highest BCUT2D eigenvalue weighted by atomic mass is 35.5. The van der Waals surface area contributed by atoms with Crippen molar-refractivity contribution in [1.29, 1.82) is 0 Å². The second-order valence-corrected chi connectivity index (χ2v) is 7.52. The molecule has 1 aromatic carbocycles. The first-order valence-corrected chi connectivity index (χ1v) is 9.47. The van der Waals surface area contributed by atoms with Gasteiger partial charge in [-0.3, -0.25) is 4.79 Å². The third kappa shape index (κ3) is 3.11. The number of aromatic amines is 1. The number of rotatable bonds is 3. The summed E-state index contributed by atoms with van der Waals surface area (Å²) in [6, 6.07) is 10.5. The zero-order valence-corrected chi connectivity index (χ0v) is 15.1. The number of hydrogen-bond donors (Lipinski definition) is 2. The molecule has 25 heavy (non-hydrogen) atoms. The van der Waals surface area contributed by atoms with Crippen LogP contribution in [0.25, 0.3) is 31.8 Å². The Balaban J connectivity index is 1.79. The summed E-state index contributed by atoms with van der Waals surface area (Å²) in [6.45, 7) is 0. The predicted octanol–water partition coefficient (Wildman–Crippen LogP) is 5.16. The SMILES string of the molecule is O=c1[nH]c(/C(Cl)=C/c2ccc(O)cc2)nc2scc(-c3cccs3)c12. The highest BCUT2D eigenvalue weighted by molar-refractivity contribution is 7.18. The van der Waals surface area contributed by atoms with Crippen LogP contribution in [0.5, 0.6) is 5.75 Å². The number of benzene rings is 1. The van der Waals surface area contributed by atoms with Crippen molar-refractivity contribution in [2.75, 3.05) is 0 Å². The van der Waals surface area contributed by atoms with Gasteiger partial charge in [0, 0.05) is 15.8 Å². The number of halogens is 1. The lowest BCUT2D eigenvalue weighted by Crippen LogP contribution is -2.10. The Kier molecular flexibility index (Phi) is 4.17. The van der Waals surface area contributed by atoms with Crippen molar-refractivity contribution in [2.45, 2.75) is 0 Å². The van der Waals surface area contributed by atoms with Gasteiger partial charge in [0.05, 0.1) is 10.4 Å². The van der Waals surface area contributed by atoms with Crippen LogP contribution in [-0.2, 0) is 0 Å². The minimum Gasteiger partial charge on any atom is -0.508 e. The van der Waals surface area contributed by atoms with Crippen molar-refractivity contribution in [3.05, 3.63) is 68.9 Å². The number of thiophene rings is 2. The smallest absolute Gasteiger partial charge is 0.260 e. The van der Waals surface area contributed by atoms with E-state index in [1.54, 1.807) is 41.7 Å². The lowest BCUT2D eigenvalue weighted by Gasteiger charge is -2.01. The molecule has 4 aromatic rings. The normalized spacial score (nSPS) is 12.0. The van der Waals surface area contributed by atoms with E-state index in [1.165, 1.54) is 11.3 Å². The first-order chi connectivity index (χ1) is 12.1. The minimum absolute atomic E-state index is 0.181. The van der Waals surface area contributed by atoms with Gasteiger partial charge in [-0.2, -0.15) is 0 Å². The summed E-state index contributed by atoms with van der Waals surface area (Å²) in [5, 5.41) is 14.2. The van der Waals surface area contributed by atoms with E-state index in [-0.39, 0.29) is 11.3 Å². The van der Waals surface area contributed by atoms with Gasteiger partial charge in [0.15, 0.2) is 5.82 Å². The molecule has 4 rings (SSSR count). The summed E-state index contributed by atoms with van der Waals surface area (Å²) < 4.78 is 0. The molecule has 0 bridgehead atoms. The van der Waals surface area contributed by atoms with E-state index in [4.69, 9.17) is 11.6 Å². The number of nitrogens with zero attached hydrogens (tertiary/aromatic N) is 1. The molecule has 0 aliphatic carbocycles. The third-order valence-electron chi connectivity index (χ3n) is 3.64. The molecule has 0 saturated carbocycles. The van der Waals surface area contributed by atoms with Gasteiger partial charge in [-0.1, -0.05) is 29.8 Å². The molecule has 0 atom stereocenters. The van der Waals surface area contributed by atoms with E-state index in [0.29, 0.717) is 21.1 Å². The molecule has 3 aromatic heterocycles. The van der Waals surface area contributed by atoms with Gasteiger partial charge in [-0.05, 0) is 35.2 Å². The monoisotopic (exact) mass is 386 g/mol. The lowest BCUT2D eigenvalue weighted by molar-refractivity contribution is 0.475. The number of nitrogens with one attached hydrogen (secondary N) is 1. The third-order valence-corrected chi connectivity index (χ3v) is 5.71. The maximum Gasteiger partial charge on any atom is 0.260 e. The van der Waals surface area contributed by atoms with Crippen LogP contribution >= 0.6 is 34.3 Å². The molecule has 124 valence electrons. The fraction of sp³-hybridized carbons (Fsp3) is 0. The van der Waals surface area contributed by atoms with E-state index >= 15 is 0 Å². The molecular formula is C18H11ClN2O2S2. The molecule has 0 aliphatic heterocycles. The van der Waals surface area contributed by atoms with E-state index in [9.17, 15) is 9.90 Å². The maximum atomic E-state index is 12.6. The quantitative estimate of drug-likeness (QED) is 0.511. The number of fused-ring (bicyclic) bond motifs is 1. The van der Waals surface area contributed by atoms with Gasteiger partial charge < -0.3 is 10.1 Å². The summed E-state index contributed by atoms with van der Waals surface area (Å²) in [7, 11) is 0. The Hall–Kier alpha value is -2.41. The van der Waals surface area contributed by atoms with Gasteiger partial charge >= 0.3 is 0 Å². The summed E-state index contributed by atoms with van der Waals surface area (Å²) in [5.74, 6) is 0.507. The largest absolute Gasteiger partial charge is 0.508 e. The summed E-state index contributed by atoms with van der Waals surface area (Å²) in [6.07, 6.45) is 1.69. The Morgan fingerprint density at radius 2 is 2.00 bits per heavy atom. The maximum absolute atomic E-state index is 12.6. The number of phenols is 1. The van der Waals surface area contributed by atoms with Crippen molar-refractivity contribution in [1.82, 2.24) is 9.97 Å². The number of hydrogen-bond acceptors (Lipinski definition) is 5. The van der Waals surface area contributed by atoms with E-state index in [0.717, 1.165) is 16.0 Å². The lowest BCUT2D eigenvalue weighted by atomic mass is 10.2. The number of aromatic hydroxyl groups is 1. The second-order valence-electron chi connectivity index (χ2n) is 5.31. The molecule has 3 heterocycles. The Bertz CT molecular complexity index is 1130. The first-order valence-electron chi connectivity index (χ1n) is 7.34. The van der Waals surface area contributed by atoms with Gasteiger partial charge in [0.2, 0.25) is 0 Å². The molecule has 0 aliphatic rings. The predicted molar refractivity (Wildman–Crippen MR) is 105 cm³/mol. The molecule has 2 N–H and O–H groups in total. The van der Waals surface area contributed by atoms with Crippen LogP contribution in [0.3, 0.4) is 0 Å². The average Bonchev–Trinajstić information content (AvgIpc) is 3.25. The van der Waals surface area contributed by atoms with Gasteiger partial charge in [0.25, 0.3) is 5.56 Å². The van der Waals surface area contributed by atoms with Crippen LogP contribution in [0, 0.1) is 0 Å². The Morgan fingerprint density at radius 1 is 1.20 bits per heavy atom. The van der Waals surface area contributed by atoms with E-state index in [1.807, 2.05) is 22.9 Å². The van der Waals surface area contributed by atoms with E-state index in [2.05, 4.69) is 9.97 Å². The number of phenolic OH excluding ortho intramolecular Hbond substituents is 1. The number of H-pyrrole nitrogens is 1. The van der Waals surface area contributed by atoms with Crippen molar-refractivity contribution in [3.63, 3.8) is 0 Å². The number of aromatic nitrogens is 2. The van der Waals surface area contributed by atoms with E-state index < -0.39 is 0 Å². The summed E-state index contributed by atoms with van der Waals surface area (Å²) in [4.78, 5) is 21.5. The first kappa shape index (κ1) is 16.1. The minimum atomic E-state index is -0.207. The Labute approximate surface area is 155 Å². The van der Waals surface area contributed by atoms with Crippen LogP contribution in [-0.4, -0.2) is 15.1 Å².